The van der Waals surface area contributed by atoms with Crippen LogP contribution in [0.4, 0.5) is 54.8 Å². The highest BCUT2D eigenvalue weighted by molar-refractivity contribution is 5.89. The number of hydrogen-bond donors (Lipinski definition) is 1. The van der Waals surface area contributed by atoms with Gasteiger partial charge in [-0.15, -0.1) is 0 Å². The molecule has 0 aliphatic carbocycles. The average molecular weight is 588 g/mol. The molecule has 1 aliphatic heterocycles. The molecule has 1 aliphatic rings. The summed E-state index contributed by atoms with van der Waals surface area (Å²) < 4.78 is 131. The Morgan fingerprint density at radius 2 is 1.45 bits per heavy atom. The van der Waals surface area contributed by atoms with Crippen molar-refractivity contribution in [3.05, 3.63) is 64.2 Å². The van der Waals surface area contributed by atoms with Crippen LogP contribution in [0.5, 0.6) is 0 Å². The third-order valence-corrected chi connectivity index (χ3v) is 6.18. The number of anilines is 1. The van der Waals surface area contributed by atoms with Crippen molar-refractivity contribution in [3.63, 3.8) is 0 Å². The van der Waals surface area contributed by atoms with Gasteiger partial charge in [0, 0.05) is 13.7 Å². The van der Waals surface area contributed by atoms with Crippen molar-refractivity contribution in [1.82, 2.24) is 4.90 Å². The van der Waals surface area contributed by atoms with Crippen LogP contribution in [-0.4, -0.2) is 49.1 Å². The summed E-state index contributed by atoms with van der Waals surface area (Å²) in [4.78, 5) is 26.2. The van der Waals surface area contributed by atoms with Crippen LogP contribution in [0.1, 0.15) is 40.3 Å². The first-order valence-electron chi connectivity index (χ1n) is 11.2. The van der Waals surface area contributed by atoms with Crippen molar-refractivity contribution < 1.29 is 63.7 Å². The highest BCUT2D eigenvalue weighted by atomic mass is 19.4. The molecular weight excluding hydrogens is 567 g/mol. The SMILES string of the molecule is COCC1CC(N(Cc2cc(C(F)(F)F)cc(C(F)(F)F)c2)C(=O)OC)c2cc(C(F)(F)F)ccc2N1C(=O)O. The third kappa shape index (κ3) is 6.54. The summed E-state index contributed by atoms with van der Waals surface area (Å²) in [7, 11) is 2.06. The lowest BCUT2D eigenvalue weighted by atomic mass is 9.88. The summed E-state index contributed by atoms with van der Waals surface area (Å²) in [5.41, 5.74) is -5.86. The first-order chi connectivity index (χ1) is 18.4. The summed E-state index contributed by atoms with van der Waals surface area (Å²) in [6.45, 7) is -1.26. The Bertz CT molecular complexity index is 1230. The van der Waals surface area contributed by atoms with E-state index in [1.165, 1.54) is 7.11 Å². The van der Waals surface area contributed by atoms with Gasteiger partial charge >= 0.3 is 30.7 Å². The second-order valence-corrected chi connectivity index (χ2v) is 8.80. The molecule has 2 unspecified atom stereocenters. The van der Waals surface area contributed by atoms with Crippen molar-refractivity contribution >= 4 is 17.9 Å². The standard InChI is InChI=1S/C24H21F9N2O5/c1-39-11-16-9-19(17-8-13(22(25,26)27)3-4-18(17)35(16)20(36)37)34(21(38)40-2)10-12-5-14(23(28,29)30)7-15(6-12)24(31,32)33/h3-8,16,19H,9-11H2,1-2H3,(H,36,37). The van der Waals surface area contributed by atoms with Gasteiger partial charge in [0.15, 0.2) is 0 Å². The van der Waals surface area contributed by atoms with Gasteiger partial charge in [-0.05, 0) is 53.9 Å². The normalized spacial score (nSPS) is 17.8. The number of benzene rings is 2. The summed E-state index contributed by atoms with van der Waals surface area (Å²) in [5.74, 6) is 0. The topological polar surface area (TPSA) is 79.3 Å². The summed E-state index contributed by atoms with van der Waals surface area (Å²) in [6.07, 6.45) is -18.6. The highest BCUT2D eigenvalue weighted by Crippen LogP contribution is 2.45. The molecule has 1 heterocycles. The molecule has 2 aromatic rings. The van der Waals surface area contributed by atoms with Gasteiger partial charge in [0.05, 0.1) is 48.2 Å². The molecule has 7 nitrogen and oxygen atoms in total. The minimum Gasteiger partial charge on any atom is -0.465 e. The van der Waals surface area contributed by atoms with E-state index in [-0.39, 0.29) is 23.9 Å². The smallest absolute Gasteiger partial charge is 0.416 e. The third-order valence-electron chi connectivity index (χ3n) is 6.18. The number of carbonyl (C=O) groups excluding carboxylic acids is 1. The van der Waals surface area contributed by atoms with Crippen molar-refractivity contribution in [2.75, 3.05) is 25.7 Å². The number of alkyl halides is 9. The van der Waals surface area contributed by atoms with Crippen LogP contribution < -0.4 is 4.90 Å². The quantitative estimate of drug-likeness (QED) is 0.383. The largest absolute Gasteiger partial charge is 0.465 e. The van der Waals surface area contributed by atoms with Crippen LogP contribution in [0.25, 0.3) is 0 Å². The minimum atomic E-state index is -5.20. The maximum absolute atomic E-state index is 13.6. The molecule has 1 N–H and O–H groups in total. The van der Waals surface area contributed by atoms with Gasteiger partial charge in [0.1, 0.15) is 0 Å². The van der Waals surface area contributed by atoms with E-state index in [0.717, 1.165) is 18.1 Å². The van der Waals surface area contributed by atoms with Crippen molar-refractivity contribution in [3.8, 4) is 0 Å². The van der Waals surface area contributed by atoms with E-state index in [9.17, 15) is 54.2 Å². The number of ether oxygens (including phenoxy) is 2. The molecule has 0 spiro atoms. The second kappa shape index (κ2) is 11.1. The Morgan fingerprint density at radius 3 is 1.90 bits per heavy atom. The maximum atomic E-state index is 13.6. The molecule has 0 aromatic heterocycles. The van der Waals surface area contributed by atoms with E-state index >= 15 is 0 Å². The van der Waals surface area contributed by atoms with E-state index < -0.39 is 78.0 Å². The number of fused-ring (bicyclic) bond motifs is 1. The van der Waals surface area contributed by atoms with E-state index in [0.29, 0.717) is 29.2 Å². The van der Waals surface area contributed by atoms with Crippen LogP contribution in [0, 0.1) is 0 Å². The van der Waals surface area contributed by atoms with Crippen LogP contribution >= 0.6 is 0 Å². The van der Waals surface area contributed by atoms with Crippen LogP contribution in [0.3, 0.4) is 0 Å². The van der Waals surface area contributed by atoms with Gasteiger partial charge in [-0.2, -0.15) is 39.5 Å². The Balaban J connectivity index is 2.23. The zero-order chi connectivity index (χ0) is 30.2. The van der Waals surface area contributed by atoms with Gasteiger partial charge in [-0.3, -0.25) is 9.80 Å². The molecule has 16 heteroatoms. The number of carboxylic acid groups (broad SMARTS) is 1. The van der Waals surface area contributed by atoms with Gasteiger partial charge < -0.3 is 14.6 Å². The molecule has 40 heavy (non-hydrogen) atoms. The first-order valence-corrected chi connectivity index (χ1v) is 11.2. The van der Waals surface area contributed by atoms with Crippen LogP contribution in [0.2, 0.25) is 0 Å². The molecule has 0 saturated heterocycles. The average Bonchev–Trinajstić information content (AvgIpc) is 2.84. The van der Waals surface area contributed by atoms with Gasteiger partial charge in [0.25, 0.3) is 0 Å². The second-order valence-electron chi connectivity index (χ2n) is 8.80. The van der Waals surface area contributed by atoms with Crippen LogP contribution in [0.15, 0.2) is 36.4 Å². The van der Waals surface area contributed by atoms with E-state index in [4.69, 9.17) is 4.74 Å². The summed E-state index contributed by atoms with van der Waals surface area (Å²) in [5, 5.41) is 9.77. The lowest BCUT2D eigenvalue weighted by molar-refractivity contribution is -0.143. The summed E-state index contributed by atoms with van der Waals surface area (Å²) >= 11 is 0. The molecule has 220 valence electrons. The van der Waals surface area contributed by atoms with E-state index in [1.807, 2.05) is 0 Å². The first kappa shape index (κ1) is 30.8. The van der Waals surface area contributed by atoms with Crippen molar-refractivity contribution in [2.45, 2.75) is 43.6 Å². The zero-order valence-corrected chi connectivity index (χ0v) is 20.6. The molecule has 2 aromatic carbocycles. The summed E-state index contributed by atoms with van der Waals surface area (Å²) in [6, 6.07) is 0.0858. The molecular formula is C24H21F9N2O5. The maximum Gasteiger partial charge on any atom is 0.416 e. The van der Waals surface area contributed by atoms with Crippen molar-refractivity contribution in [1.29, 1.82) is 0 Å². The highest BCUT2D eigenvalue weighted by Gasteiger charge is 2.43. The number of amides is 2. The fourth-order valence-electron chi connectivity index (χ4n) is 4.52. The Labute approximate surface area is 220 Å². The van der Waals surface area contributed by atoms with E-state index in [1.54, 1.807) is 0 Å². The predicted molar refractivity (Wildman–Crippen MR) is 119 cm³/mol. The Morgan fingerprint density at radius 1 is 0.900 bits per heavy atom. The number of methoxy groups -OCH3 is 2. The Hall–Kier alpha value is -3.69. The van der Waals surface area contributed by atoms with Crippen molar-refractivity contribution in [2.24, 2.45) is 0 Å². The molecule has 0 radical (unpaired) electrons. The van der Waals surface area contributed by atoms with Gasteiger partial charge in [0.2, 0.25) is 0 Å². The fraction of sp³-hybridized carbons (Fsp3) is 0.417. The molecule has 0 saturated carbocycles. The number of nitrogens with zero attached hydrogens (tertiary/aromatic N) is 2. The number of carbonyl (C=O) groups is 2. The monoisotopic (exact) mass is 588 g/mol. The lowest BCUT2D eigenvalue weighted by Crippen LogP contribution is -2.50. The van der Waals surface area contributed by atoms with Crippen LogP contribution in [-0.2, 0) is 34.5 Å². The van der Waals surface area contributed by atoms with E-state index in [2.05, 4.69) is 4.74 Å². The van der Waals surface area contributed by atoms with Gasteiger partial charge in [-0.1, -0.05) is 0 Å². The molecule has 3 rings (SSSR count). The molecule has 0 bridgehead atoms. The lowest BCUT2D eigenvalue weighted by Gasteiger charge is -2.43. The molecule has 0 fully saturated rings. The number of hydrogen-bond acceptors (Lipinski definition) is 4. The number of halogens is 9. The minimum absolute atomic E-state index is 0.114. The van der Waals surface area contributed by atoms with Gasteiger partial charge in [-0.25, -0.2) is 9.59 Å². The number of rotatable bonds is 5. The Kier molecular flexibility index (Phi) is 8.53. The zero-order valence-electron chi connectivity index (χ0n) is 20.6. The molecule has 2 amide bonds. The fourth-order valence-corrected chi connectivity index (χ4v) is 4.52. The molecule has 2 atom stereocenters. The predicted octanol–water partition coefficient (Wildman–Crippen LogP) is 6.96.